The SMILES string of the molecule is CC1(C)COC(c2nc(-c3ccc(F)cc3)c(-c3ccnc(OC4CCCCC4)n3)[nH]2)OC1. The Morgan fingerprint density at radius 1 is 1.00 bits per heavy atom. The van der Waals surface area contributed by atoms with Crippen molar-refractivity contribution in [3.8, 4) is 28.7 Å². The van der Waals surface area contributed by atoms with Gasteiger partial charge in [0, 0.05) is 17.2 Å². The number of benzene rings is 1. The lowest BCUT2D eigenvalue weighted by Crippen LogP contribution is -2.34. The molecule has 2 aliphatic rings. The van der Waals surface area contributed by atoms with Crippen LogP contribution in [0.4, 0.5) is 4.39 Å². The fourth-order valence-corrected chi connectivity index (χ4v) is 4.22. The molecule has 1 saturated carbocycles. The summed E-state index contributed by atoms with van der Waals surface area (Å²) in [6.07, 6.45) is 6.86. The van der Waals surface area contributed by atoms with Gasteiger partial charge >= 0.3 is 6.01 Å². The van der Waals surface area contributed by atoms with Gasteiger partial charge in [-0.15, -0.1) is 0 Å². The molecule has 3 aromatic rings. The third-order valence-corrected chi connectivity index (χ3v) is 6.03. The molecule has 8 heteroatoms. The molecule has 1 saturated heterocycles. The zero-order valence-electron chi connectivity index (χ0n) is 19.0. The zero-order valence-corrected chi connectivity index (χ0v) is 19.0. The number of nitrogens with one attached hydrogen (secondary N) is 1. The molecule has 1 aliphatic carbocycles. The zero-order chi connectivity index (χ0) is 22.8. The van der Waals surface area contributed by atoms with Crippen molar-refractivity contribution in [1.29, 1.82) is 0 Å². The highest BCUT2D eigenvalue weighted by Crippen LogP contribution is 2.35. The van der Waals surface area contributed by atoms with Crippen LogP contribution in [-0.2, 0) is 9.47 Å². The number of nitrogens with zero attached hydrogens (tertiary/aromatic N) is 3. The number of hydrogen-bond donors (Lipinski definition) is 1. The molecule has 0 bridgehead atoms. The second kappa shape index (κ2) is 9.19. The average Bonchev–Trinajstić information content (AvgIpc) is 3.26. The normalized spacial score (nSPS) is 19.5. The molecule has 1 N–H and O–H groups in total. The molecule has 2 aromatic heterocycles. The highest BCUT2D eigenvalue weighted by Gasteiger charge is 2.32. The first-order chi connectivity index (χ1) is 16.0. The first-order valence-electron chi connectivity index (χ1n) is 11.6. The number of halogens is 1. The third-order valence-electron chi connectivity index (χ3n) is 6.03. The van der Waals surface area contributed by atoms with Gasteiger partial charge in [-0.3, -0.25) is 0 Å². The van der Waals surface area contributed by atoms with Gasteiger partial charge in [0.05, 0.1) is 30.3 Å². The van der Waals surface area contributed by atoms with Gasteiger partial charge in [-0.1, -0.05) is 20.3 Å². The molecule has 174 valence electrons. The van der Waals surface area contributed by atoms with Crippen molar-refractivity contribution >= 4 is 0 Å². The lowest BCUT2D eigenvalue weighted by molar-refractivity contribution is -0.229. The van der Waals surface area contributed by atoms with Crippen LogP contribution in [0.2, 0.25) is 0 Å². The van der Waals surface area contributed by atoms with Gasteiger partial charge < -0.3 is 19.2 Å². The van der Waals surface area contributed by atoms with Crippen molar-refractivity contribution < 1.29 is 18.6 Å². The van der Waals surface area contributed by atoms with E-state index < -0.39 is 6.29 Å². The maximum Gasteiger partial charge on any atom is 0.317 e. The van der Waals surface area contributed by atoms with Gasteiger partial charge in [-0.2, -0.15) is 4.98 Å². The minimum absolute atomic E-state index is 0.0519. The molecular weight excluding hydrogens is 423 g/mol. The molecule has 0 unspecified atom stereocenters. The summed E-state index contributed by atoms with van der Waals surface area (Å²) in [5.74, 6) is 0.246. The van der Waals surface area contributed by atoms with Gasteiger partial charge in [0.25, 0.3) is 0 Å². The molecule has 0 spiro atoms. The number of hydrogen-bond acceptors (Lipinski definition) is 6. The van der Waals surface area contributed by atoms with Crippen molar-refractivity contribution in [2.75, 3.05) is 13.2 Å². The molecule has 5 rings (SSSR count). The maximum absolute atomic E-state index is 13.6. The minimum Gasteiger partial charge on any atom is -0.460 e. The van der Waals surface area contributed by atoms with E-state index in [-0.39, 0.29) is 17.3 Å². The molecule has 2 fully saturated rings. The number of ether oxygens (including phenoxy) is 3. The Hall–Kier alpha value is -2.84. The predicted octanol–water partition coefficient (Wildman–Crippen LogP) is 5.46. The topological polar surface area (TPSA) is 82.2 Å². The van der Waals surface area contributed by atoms with E-state index >= 15 is 0 Å². The number of aromatic amines is 1. The first kappa shape index (κ1) is 22.0. The summed E-state index contributed by atoms with van der Waals surface area (Å²) < 4.78 is 31.5. The van der Waals surface area contributed by atoms with Gasteiger partial charge in [0.1, 0.15) is 11.9 Å². The summed E-state index contributed by atoms with van der Waals surface area (Å²) in [6, 6.07) is 8.40. The third kappa shape index (κ3) is 5.07. The smallest absolute Gasteiger partial charge is 0.317 e. The van der Waals surface area contributed by atoms with Crippen LogP contribution >= 0.6 is 0 Å². The van der Waals surface area contributed by atoms with E-state index in [0.717, 1.165) is 18.4 Å². The molecule has 1 aliphatic heterocycles. The van der Waals surface area contributed by atoms with Crippen LogP contribution in [0.5, 0.6) is 6.01 Å². The Morgan fingerprint density at radius 2 is 1.73 bits per heavy atom. The summed E-state index contributed by atoms with van der Waals surface area (Å²) in [5, 5.41) is 0. The van der Waals surface area contributed by atoms with Crippen molar-refractivity contribution in [2.45, 2.75) is 58.3 Å². The molecule has 7 nitrogen and oxygen atoms in total. The standard InChI is InChI=1S/C25H29FN4O3/c1-25(2)14-31-23(32-15-25)22-29-20(16-8-10-17(26)11-9-16)21(30-22)19-12-13-27-24(28-19)33-18-6-4-3-5-7-18/h8-13,18,23H,3-7,14-15H2,1-2H3,(H,29,30). The van der Waals surface area contributed by atoms with Crippen LogP contribution < -0.4 is 4.74 Å². The summed E-state index contributed by atoms with van der Waals surface area (Å²) in [7, 11) is 0. The summed E-state index contributed by atoms with van der Waals surface area (Å²) >= 11 is 0. The van der Waals surface area contributed by atoms with Crippen LogP contribution in [-0.4, -0.2) is 39.3 Å². The van der Waals surface area contributed by atoms with Crippen molar-refractivity contribution in [1.82, 2.24) is 19.9 Å². The predicted molar refractivity (Wildman–Crippen MR) is 121 cm³/mol. The monoisotopic (exact) mass is 452 g/mol. The molecule has 0 radical (unpaired) electrons. The second-order valence-corrected chi connectivity index (χ2v) is 9.57. The Kier molecular flexibility index (Phi) is 6.12. The summed E-state index contributed by atoms with van der Waals surface area (Å²) in [4.78, 5) is 17.1. The van der Waals surface area contributed by atoms with E-state index in [1.165, 1.54) is 31.4 Å². The number of aromatic nitrogens is 4. The van der Waals surface area contributed by atoms with Gasteiger partial charge in [-0.05, 0) is 56.0 Å². The lowest BCUT2D eigenvalue weighted by atomic mass is 9.96. The van der Waals surface area contributed by atoms with Crippen LogP contribution in [0.15, 0.2) is 36.5 Å². The number of rotatable bonds is 5. The second-order valence-electron chi connectivity index (χ2n) is 9.57. The molecule has 1 aromatic carbocycles. The Labute approximate surface area is 192 Å². The maximum atomic E-state index is 13.6. The van der Waals surface area contributed by atoms with Crippen LogP contribution in [0.1, 0.15) is 58.1 Å². The van der Waals surface area contributed by atoms with Crippen molar-refractivity contribution in [2.24, 2.45) is 5.41 Å². The van der Waals surface area contributed by atoms with E-state index in [2.05, 4.69) is 28.8 Å². The Balaban J connectivity index is 1.48. The molecule has 0 atom stereocenters. The fraction of sp³-hybridized carbons (Fsp3) is 0.480. The largest absolute Gasteiger partial charge is 0.460 e. The summed E-state index contributed by atoms with van der Waals surface area (Å²) in [6.45, 7) is 5.31. The van der Waals surface area contributed by atoms with E-state index in [0.29, 0.717) is 42.1 Å². The Morgan fingerprint density at radius 3 is 2.45 bits per heavy atom. The molecule has 0 amide bonds. The lowest BCUT2D eigenvalue weighted by Gasteiger charge is -2.33. The van der Waals surface area contributed by atoms with E-state index in [9.17, 15) is 4.39 Å². The van der Waals surface area contributed by atoms with E-state index in [4.69, 9.17) is 19.2 Å². The van der Waals surface area contributed by atoms with Crippen LogP contribution in [0.25, 0.3) is 22.6 Å². The van der Waals surface area contributed by atoms with Crippen LogP contribution in [0.3, 0.4) is 0 Å². The fourth-order valence-electron chi connectivity index (χ4n) is 4.22. The van der Waals surface area contributed by atoms with E-state index in [1.54, 1.807) is 18.3 Å². The van der Waals surface area contributed by atoms with E-state index in [1.807, 2.05) is 6.07 Å². The first-order valence-corrected chi connectivity index (χ1v) is 11.6. The quantitative estimate of drug-likeness (QED) is 0.554. The van der Waals surface area contributed by atoms with Gasteiger partial charge in [0.15, 0.2) is 5.82 Å². The highest BCUT2D eigenvalue weighted by molar-refractivity contribution is 5.76. The molecule has 33 heavy (non-hydrogen) atoms. The minimum atomic E-state index is -0.606. The average molecular weight is 453 g/mol. The van der Waals surface area contributed by atoms with Gasteiger partial charge in [0.2, 0.25) is 6.29 Å². The van der Waals surface area contributed by atoms with Gasteiger partial charge in [-0.25, -0.2) is 14.4 Å². The highest BCUT2D eigenvalue weighted by atomic mass is 19.1. The van der Waals surface area contributed by atoms with Crippen molar-refractivity contribution in [3.05, 3.63) is 48.2 Å². The number of H-pyrrole nitrogens is 1. The molecule has 3 heterocycles. The summed E-state index contributed by atoms with van der Waals surface area (Å²) in [5.41, 5.74) is 2.68. The Bertz CT molecular complexity index is 1080. The molecular formula is C25H29FN4O3. The van der Waals surface area contributed by atoms with Crippen LogP contribution in [0, 0.1) is 11.2 Å². The van der Waals surface area contributed by atoms with Crippen molar-refractivity contribution in [3.63, 3.8) is 0 Å². The number of imidazole rings is 1.